The average molecular weight is 338 g/mol. The number of rotatable bonds is 17. The molecule has 1 aliphatic rings. The second-order valence-electron chi connectivity index (χ2n) is 7.73. The van der Waals surface area contributed by atoms with E-state index < -0.39 is 0 Å². The van der Waals surface area contributed by atoms with Gasteiger partial charge in [-0.1, -0.05) is 90.4 Å². The van der Waals surface area contributed by atoms with E-state index in [4.69, 9.17) is 0 Å². The van der Waals surface area contributed by atoms with E-state index in [9.17, 15) is 0 Å². The molecule has 0 aromatic rings. The molecule has 0 spiro atoms. The van der Waals surface area contributed by atoms with Crippen molar-refractivity contribution in [3.05, 3.63) is 0 Å². The summed E-state index contributed by atoms with van der Waals surface area (Å²) in [6.07, 6.45) is 24.1. The molecule has 0 saturated carbocycles. The lowest BCUT2D eigenvalue weighted by atomic mass is 10.0. The molecule has 0 fully saturated rings. The lowest BCUT2D eigenvalue weighted by molar-refractivity contribution is -0.514. The van der Waals surface area contributed by atoms with Crippen LogP contribution in [0, 0.1) is 0 Å². The number of unbranched alkanes of at least 4 members (excludes halogenated alkanes) is 14. The molecule has 1 rings (SSSR count). The minimum atomic E-state index is 1.16. The fourth-order valence-electron chi connectivity index (χ4n) is 3.70. The molecule has 0 saturated heterocycles. The van der Waals surface area contributed by atoms with Crippen LogP contribution in [-0.2, 0) is 0 Å². The van der Waals surface area contributed by atoms with E-state index in [2.05, 4.69) is 29.7 Å². The molecular weight excluding hydrogens is 292 g/mol. The maximum absolute atomic E-state index is 2.51. The van der Waals surface area contributed by atoms with Gasteiger partial charge in [0, 0.05) is 0 Å². The molecule has 2 nitrogen and oxygen atoms in total. The van der Waals surface area contributed by atoms with Crippen molar-refractivity contribution >= 4 is 6.34 Å². The molecule has 0 aromatic carbocycles. The van der Waals surface area contributed by atoms with Crippen LogP contribution in [-0.4, -0.2) is 42.0 Å². The molecular formula is C22H45N2+. The monoisotopic (exact) mass is 337 g/mol. The van der Waals surface area contributed by atoms with Gasteiger partial charge in [-0.15, -0.1) is 0 Å². The summed E-state index contributed by atoms with van der Waals surface area (Å²) in [7, 11) is 0. The summed E-state index contributed by atoms with van der Waals surface area (Å²) in [6, 6.07) is 0. The van der Waals surface area contributed by atoms with Gasteiger partial charge in [-0.3, -0.25) is 9.48 Å². The lowest BCUT2D eigenvalue weighted by Crippen LogP contribution is -2.18. The third-order valence-electron chi connectivity index (χ3n) is 5.46. The van der Waals surface area contributed by atoms with Crippen LogP contribution in [0.25, 0.3) is 0 Å². The Labute approximate surface area is 152 Å². The summed E-state index contributed by atoms with van der Waals surface area (Å²) in [5.41, 5.74) is 0. The van der Waals surface area contributed by atoms with Crippen LogP contribution in [0.3, 0.4) is 0 Å². The largest absolute Gasteiger partial charge is 0.265 e. The maximum Gasteiger partial charge on any atom is 0.234 e. The second kappa shape index (κ2) is 16.0. The summed E-state index contributed by atoms with van der Waals surface area (Å²) >= 11 is 0. The Hall–Kier alpha value is -0.530. The highest BCUT2D eigenvalue weighted by molar-refractivity contribution is 5.50. The normalized spacial score (nSPS) is 14.4. The van der Waals surface area contributed by atoms with Crippen molar-refractivity contribution in [3.63, 3.8) is 0 Å². The molecule has 0 atom stereocenters. The van der Waals surface area contributed by atoms with Crippen LogP contribution in [0.15, 0.2) is 0 Å². The number of hydrogen-bond donors (Lipinski definition) is 0. The Kier molecular flexibility index (Phi) is 14.3. The first kappa shape index (κ1) is 21.5. The van der Waals surface area contributed by atoms with E-state index in [0.29, 0.717) is 0 Å². The zero-order valence-corrected chi connectivity index (χ0v) is 16.9. The van der Waals surface area contributed by atoms with E-state index in [-0.39, 0.29) is 0 Å². The van der Waals surface area contributed by atoms with Crippen LogP contribution in [0.1, 0.15) is 110 Å². The van der Waals surface area contributed by atoms with E-state index in [0.717, 1.165) is 6.54 Å². The smallest absolute Gasteiger partial charge is 0.234 e. The van der Waals surface area contributed by atoms with Gasteiger partial charge >= 0.3 is 0 Å². The highest BCUT2D eigenvalue weighted by Gasteiger charge is 2.15. The third-order valence-corrected chi connectivity index (χ3v) is 5.46. The van der Waals surface area contributed by atoms with Gasteiger partial charge in [0.25, 0.3) is 0 Å². The predicted octanol–water partition coefficient (Wildman–Crippen LogP) is 6.23. The molecule has 0 N–H and O–H groups in total. The summed E-state index contributed by atoms with van der Waals surface area (Å²) in [4.78, 5) is 2.42. The molecule has 0 aliphatic carbocycles. The third kappa shape index (κ3) is 11.9. The van der Waals surface area contributed by atoms with Gasteiger partial charge in [-0.2, -0.15) is 0 Å². The van der Waals surface area contributed by atoms with Crippen LogP contribution in [0.5, 0.6) is 0 Å². The van der Waals surface area contributed by atoms with E-state index >= 15 is 0 Å². The fraction of sp³-hybridized carbons (Fsp3) is 0.955. The van der Waals surface area contributed by atoms with Crippen molar-refractivity contribution in [1.82, 2.24) is 4.90 Å². The molecule has 0 unspecified atom stereocenters. The molecule has 0 radical (unpaired) electrons. The first-order chi connectivity index (χ1) is 11.9. The topological polar surface area (TPSA) is 6.25 Å². The molecule has 1 aliphatic heterocycles. The van der Waals surface area contributed by atoms with E-state index in [1.807, 2.05) is 0 Å². The molecule has 0 aromatic heterocycles. The number of nitrogens with zero attached hydrogens (tertiary/aromatic N) is 2. The lowest BCUT2D eigenvalue weighted by Gasteiger charge is -2.03. The maximum atomic E-state index is 2.51. The average Bonchev–Trinajstić information content (AvgIpc) is 3.06. The first-order valence-corrected chi connectivity index (χ1v) is 11.2. The van der Waals surface area contributed by atoms with Crippen molar-refractivity contribution in [2.24, 2.45) is 0 Å². The summed E-state index contributed by atoms with van der Waals surface area (Å²) < 4.78 is 2.51. The van der Waals surface area contributed by atoms with E-state index in [1.54, 1.807) is 0 Å². The van der Waals surface area contributed by atoms with Gasteiger partial charge in [0.2, 0.25) is 6.34 Å². The van der Waals surface area contributed by atoms with Crippen molar-refractivity contribution in [2.75, 3.05) is 26.2 Å². The minimum Gasteiger partial charge on any atom is -0.265 e. The SMILES string of the molecule is CCCCCCCCCCCCCCCCC[N+]1=CN(CC)CC1. The fourth-order valence-corrected chi connectivity index (χ4v) is 3.70. The standard InChI is InChI=1S/C22H45N2/c1-3-5-6-7-8-9-10-11-12-13-14-15-16-17-18-19-24-21-20-23(4-2)22-24/h22H,3-21H2,1-2H3/q+1. The van der Waals surface area contributed by atoms with Gasteiger partial charge in [-0.25, -0.2) is 0 Å². The highest BCUT2D eigenvalue weighted by atomic mass is 15.3. The van der Waals surface area contributed by atoms with Gasteiger partial charge < -0.3 is 0 Å². The summed E-state index contributed by atoms with van der Waals surface area (Å²) in [5.74, 6) is 0. The van der Waals surface area contributed by atoms with Gasteiger partial charge in [0.15, 0.2) is 0 Å². The predicted molar refractivity (Wildman–Crippen MR) is 108 cm³/mol. The van der Waals surface area contributed by atoms with Gasteiger partial charge in [0.05, 0.1) is 13.1 Å². The summed E-state index contributed by atoms with van der Waals surface area (Å²) in [6.45, 7) is 9.45. The minimum absolute atomic E-state index is 1.16. The Morgan fingerprint density at radius 2 is 1.12 bits per heavy atom. The quantitative estimate of drug-likeness (QED) is 0.225. The Morgan fingerprint density at radius 3 is 1.54 bits per heavy atom. The van der Waals surface area contributed by atoms with Gasteiger partial charge in [-0.05, 0) is 19.8 Å². The van der Waals surface area contributed by atoms with Crippen LogP contribution in [0.4, 0.5) is 0 Å². The second-order valence-corrected chi connectivity index (χ2v) is 7.73. The zero-order chi connectivity index (χ0) is 17.3. The van der Waals surface area contributed by atoms with Crippen molar-refractivity contribution in [2.45, 2.75) is 110 Å². The molecule has 1 heterocycles. The zero-order valence-electron chi connectivity index (χ0n) is 16.9. The van der Waals surface area contributed by atoms with Crippen LogP contribution < -0.4 is 0 Å². The van der Waals surface area contributed by atoms with Gasteiger partial charge in [0.1, 0.15) is 13.1 Å². The van der Waals surface area contributed by atoms with Crippen molar-refractivity contribution < 1.29 is 4.58 Å². The Balaban J connectivity index is 1.72. The van der Waals surface area contributed by atoms with Crippen LogP contribution in [0.2, 0.25) is 0 Å². The first-order valence-electron chi connectivity index (χ1n) is 11.2. The molecule has 2 heteroatoms. The number of likely N-dealkylation sites (N-methyl/N-ethyl adjacent to an activating group) is 1. The molecule has 142 valence electrons. The van der Waals surface area contributed by atoms with E-state index in [1.165, 1.54) is 116 Å². The van der Waals surface area contributed by atoms with Crippen molar-refractivity contribution in [1.29, 1.82) is 0 Å². The van der Waals surface area contributed by atoms with Crippen LogP contribution >= 0.6 is 0 Å². The highest BCUT2D eigenvalue weighted by Crippen LogP contribution is 2.13. The Bertz CT molecular complexity index is 298. The molecule has 24 heavy (non-hydrogen) atoms. The number of hydrogen-bond acceptors (Lipinski definition) is 1. The molecule has 0 amide bonds. The molecule has 0 bridgehead atoms. The Morgan fingerprint density at radius 1 is 0.667 bits per heavy atom. The summed E-state index contributed by atoms with van der Waals surface area (Å²) in [5, 5.41) is 0. The van der Waals surface area contributed by atoms with Crippen molar-refractivity contribution in [3.8, 4) is 0 Å².